The summed E-state index contributed by atoms with van der Waals surface area (Å²) in [6.45, 7) is 1.89. The quantitative estimate of drug-likeness (QED) is 0.748. The van der Waals surface area contributed by atoms with Gasteiger partial charge in [-0.2, -0.15) is 4.98 Å². The van der Waals surface area contributed by atoms with E-state index >= 15 is 0 Å². The summed E-state index contributed by atoms with van der Waals surface area (Å²) in [7, 11) is 0. The third kappa shape index (κ3) is 3.53. The Hall–Kier alpha value is -1.70. The Morgan fingerprint density at radius 3 is 2.92 bits per heavy atom. The number of ether oxygens (including phenoxy) is 1. The fourth-order valence-corrected chi connectivity index (χ4v) is 3.08. The number of hydrogen-bond acceptors (Lipinski definition) is 6. The predicted molar refractivity (Wildman–Crippen MR) is 87.7 cm³/mol. The predicted octanol–water partition coefficient (Wildman–Crippen LogP) is 1.75. The lowest BCUT2D eigenvalue weighted by molar-refractivity contribution is -0.0457. The monoisotopic (exact) mass is 336 g/mol. The maximum Gasteiger partial charge on any atom is 0.353 e. The van der Waals surface area contributed by atoms with Gasteiger partial charge in [0.25, 0.3) is 0 Å². The summed E-state index contributed by atoms with van der Waals surface area (Å²) < 4.78 is 12.5. The zero-order valence-electron chi connectivity index (χ0n) is 13.9. The number of aliphatic hydroxyl groups excluding tert-OH is 2. The van der Waals surface area contributed by atoms with Gasteiger partial charge in [0.05, 0.1) is 18.1 Å². The van der Waals surface area contributed by atoms with Crippen molar-refractivity contribution in [3.63, 3.8) is 0 Å². The largest absolute Gasteiger partial charge is 0.443 e. The van der Waals surface area contributed by atoms with Crippen LogP contribution in [0.5, 0.6) is 0 Å². The molecule has 24 heavy (non-hydrogen) atoms. The summed E-state index contributed by atoms with van der Waals surface area (Å²) in [4.78, 5) is 16.2. The van der Waals surface area contributed by atoms with Crippen molar-refractivity contribution >= 4 is 11.1 Å². The second-order valence-electron chi connectivity index (χ2n) is 6.33. The fourth-order valence-electron chi connectivity index (χ4n) is 3.08. The van der Waals surface area contributed by atoms with E-state index in [0.29, 0.717) is 5.71 Å². The van der Waals surface area contributed by atoms with Gasteiger partial charge < -0.3 is 19.4 Å². The van der Waals surface area contributed by atoms with E-state index < -0.39 is 24.1 Å². The molecule has 7 nitrogen and oxygen atoms in total. The molecule has 3 heterocycles. The standard InChI is InChI=1S/C17H24N2O5/c1-2-3-4-5-6-12-7-11-9-19(17(22)18-16(11)23-12)15-8-13(21)14(10-20)24-15/h7,9,13-15,20-21H,2-6,8,10H2,1H3. The van der Waals surface area contributed by atoms with Gasteiger partial charge in [-0.3, -0.25) is 4.57 Å². The normalized spacial score (nSPS) is 24.0. The van der Waals surface area contributed by atoms with E-state index in [9.17, 15) is 9.90 Å². The molecule has 0 aliphatic carbocycles. The Kier molecular flexibility index (Phi) is 5.33. The first-order valence-electron chi connectivity index (χ1n) is 8.58. The number of unbranched alkanes of at least 4 members (excludes halogenated alkanes) is 3. The average Bonchev–Trinajstić information content (AvgIpc) is 3.13. The Bertz CT molecular complexity index is 738. The SMILES string of the molecule is CCCCCCc1cc2cn(C3CC(O)C(CO)O3)c(=O)nc2o1. The van der Waals surface area contributed by atoms with Gasteiger partial charge in [-0.15, -0.1) is 0 Å². The van der Waals surface area contributed by atoms with Crippen LogP contribution in [0.3, 0.4) is 0 Å². The molecule has 0 bridgehead atoms. The second-order valence-corrected chi connectivity index (χ2v) is 6.33. The lowest BCUT2D eigenvalue weighted by Crippen LogP contribution is -2.27. The minimum Gasteiger partial charge on any atom is -0.443 e. The van der Waals surface area contributed by atoms with E-state index in [1.807, 2.05) is 6.07 Å². The van der Waals surface area contributed by atoms with Gasteiger partial charge in [0.15, 0.2) is 0 Å². The van der Waals surface area contributed by atoms with Crippen molar-refractivity contribution in [1.29, 1.82) is 0 Å². The van der Waals surface area contributed by atoms with Crippen LogP contribution in [0.25, 0.3) is 11.1 Å². The molecule has 2 aromatic rings. The highest BCUT2D eigenvalue weighted by Gasteiger charge is 2.35. The maximum atomic E-state index is 12.2. The molecular formula is C17H24N2O5. The molecule has 1 aliphatic heterocycles. The smallest absolute Gasteiger partial charge is 0.353 e. The van der Waals surface area contributed by atoms with Gasteiger partial charge in [-0.05, 0) is 12.5 Å². The molecule has 3 atom stereocenters. The minimum absolute atomic E-state index is 0.250. The molecule has 2 aromatic heterocycles. The average molecular weight is 336 g/mol. The molecule has 0 radical (unpaired) electrons. The highest BCUT2D eigenvalue weighted by molar-refractivity contribution is 5.72. The first kappa shape index (κ1) is 17.1. The van der Waals surface area contributed by atoms with E-state index in [0.717, 1.165) is 30.4 Å². The molecule has 0 aromatic carbocycles. The van der Waals surface area contributed by atoms with Crippen LogP contribution in [0.1, 0.15) is 51.0 Å². The minimum atomic E-state index is -0.791. The van der Waals surface area contributed by atoms with E-state index in [2.05, 4.69) is 11.9 Å². The van der Waals surface area contributed by atoms with Crippen LogP contribution in [0.4, 0.5) is 0 Å². The van der Waals surface area contributed by atoms with Crippen molar-refractivity contribution in [3.8, 4) is 0 Å². The molecule has 132 valence electrons. The van der Waals surface area contributed by atoms with Crippen molar-refractivity contribution in [3.05, 3.63) is 28.5 Å². The van der Waals surface area contributed by atoms with Crippen LogP contribution in [0.15, 0.2) is 21.5 Å². The third-order valence-electron chi connectivity index (χ3n) is 4.46. The van der Waals surface area contributed by atoms with Crippen LogP contribution in [-0.2, 0) is 11.2 Å². The van der Waals surface area contributed by atoms with E-state index in [-0.39, 0.29) is 13.0 Å². The van der Waals surface area contributed by atoms with Crippen LogP contribution < -0.4 is 5.69 Å². The molecule has 1 aliphatic rings. The summed E-state index contributed by atoms with van der Waals surface area (Å²) >= 11 is 0. The molecule has 3 unspecified atom stereocenters. The van der Waals surface area contributed by atoms with E-state index in [1.54, 1.807) is 6.20 Å². The molecular weight excluding hydrogens is 312 g/mol. The molecule has 0 saturated carbocycles. The number of aliphatic hydroxyl groups is 2. The van der Waals surface area contributed by atoms with Crippen LogP contribution >= 0.6 is 0 Å². The van der Waals surface area contributed by atoms with Gasteiger partial charge in [0.2, 0.25) is 5.71 Å². The van der Waals surface area contributed by atoms with Crippen LogP contribution in [0.2, 0.25) is 0 Å². The summed E-state index contributed by atoms with van der Waals surface area (Å²) in [6.07, 6.45) is 5.25. The Labute approximate surface area is 139 Å². The molecule has 7 heteroatoms. The Morgan fingerprint density at radius 1 is 1.38 bits per heavy atom. The molecule has 1 fully saturated rings. The van der Waals surface area contributed by atoms with Gasteiger partial charge >= 0.3 is 5.69 Å². The summed E-state index contributed by atoms with van der Waals surface area (Å²) in [5.74, 6) is 0.825. The Morgan fingerprint density at radius 2 is 2.21 bits per heavy atom. The van der Waals surface area contributed by atoms with Crippen molar-refractivity contribution in [2.45, 2.75) is 63.9 Å². The third-order valence-corrected chi connectivity index (χ3v) is 4.46. The van der Waals surface area contributed by atoms with E-state index in [4.69, 9.17) is 14.3 Å². The number of nitrogens with zero attached hydrogens (tertiary/aromatic N) is 2. The lowest BCUT2D eigenvalue weighted by Gasteiger charge is -2.13. The van der Waals surface area contributed by atoms with Gasteiger partial charge in [-0.1, -0.05) is 26.2 Å². The number of aromatic nitrogens is 2. The number of hydrogen-bond donors (Lipinski definition) is 2. The molecule has 0 amide bonds. The summed E-state index contributed by atoms with van der Waals surface area (Å²) in [5, 5.41) is 19.7. The van der Waals surface area contributed by atoms with Crippen molar-refractivity contribution in [1.82, 2.24) is 9.55 Å². The molecule has 0 spiro atoms. The number of fused-ring (bicyclic) bond motifs is 1. The zero-order chi connectivity index (χ0) is 17.1. The highest BCUT2D eigenvalue weighted by Crippen LogP contribution is 2.28. The Balaban J connectivity index is 1.78. The van der Waals surface area contributed by atoms with Gasteiger partial charge in [-0.25, -0.2) is 4.79 Å². The van der Waals surface area contributed by atoms with Crippen molar-refractivity contribution in [2.75, 3.05) is 6.61 Å². The highest BCUT2D eigenvalue weighted by atomic mass is 16.5. The molecule has 2 N–H and O–H groups in total. The van der Waals surface area contributed by atoms with Gasteiger partial charge in [0, 0.05) is 19.0 Å². The number of furan rings is 1. The molecule has 1 saturated heterocycles. The van der Waals surface area contributed by atoms with Crippen LogP contribution in [-0.4, -0.2) is 38.6 Å². The first-order chi connectivity index (χ1) is 11.6. The number of aryl methyl sites for hydroxylation is 1. The number of rotatable bonds is 7. The second kappa shape index (κ2) is 7.46. The fraction of sp³-hybridized carbons (Fsp3) is 0.647. The topological polar surface area (TPSA) is 97.7 Å². The van der Waals surface area contributed by atoms with Gasteiger partial charge in [0.1, 0.15) is 18.1 Å². The lowest BCUT2D eigenvalue weighted by atomic mass is 10.1. The first-order valence-corrected chi connectivity index (χ1v) is 8.58. The molecule has 3 rings (SSSR count). The van der Waals surface area contributed by atoms with Crippen molar-refractivity contribution < 1.29 is 19.4 Å². The van der Waals surface area contributed by atoms with Crippen LogP contribution in [0, 0.1) is 0 Å². The summed E-state index contributed by atoms with van der Waals surface area (Å²) in [5.41, 5.74) is -0.149. The zero-order valence-corrected chi connectivity index (χ0v) is 13.9. The summed E-state index contributed by atoms with van der Waals surface area (Å²) in [6, 6.07) is 1.90. The maximum absolute atomic E-state index is 12.2. The van der Waals surface area contributed by atoms with E-state index in [1.165, 1.54) is 17.4 Å². The van der Waals surface area contributed by atoms with Crippen molar-refractivity contribution in [2.24, 2.45) is 0 Å².